The molecule has 4 rings (SSSR count). The Morgan fingerprint density at radius 2 is 2.00 bits per heavy atom. The Hall–Kier alpha value is -2.47. The molecule has 0 radical (unpaired) electrons. The third-order valence-corrected chi connectivity index (χ3v) is 5.46. The van der Waals surface area contributed by atoms with Crippen molar-refractivity contribution in [2.75, 3.05) is 13.7 Å². The minimum atomic E-state index is -0.107. The number of rotatable bonds is 3. The van der Waals surface area contributed by atoms with E-state index in [9.17, 15) is 5.11 Å². The summed E-state index contributed by atoms with van der Waals surface area (Å²) in [4.78, 5) is 0. The minimum Gasteiger partial charge on any atom is -0.507 e. The summed E-state index contributed by atoms with van der Waals surface area (Å²) in [6.07, 6.45) is 4.74. The molecular weight excluding hydrogens is 332 g/mol. The molecule has 138 valence electrons. The van der Waals surface area contributed by atoms with Gasteiger partial charge in [-0.3, -0.25) is 0 Å². The molecule has 0 spiro atoms. The Morgan fingerprint density at radius 3 is 2.69 bits per heavy atom. The highest BCUT2D eigenvalue weighted by Crippen LogP contribution is 2.47. The van der Waals surface area contributed by atoms with E-state index in [0.29, 0.717) is 22.5 Å². The topological polar surface area (TPSA) is 69.7 Å². The third-order valence-electron chi connectivity index (χ3n) is 5.46. The summed E-state index contributed by atoms with van der Waals surface area (Å²) >= 11 is 0. The van der Waals surface area contributed by atoms with Crippen molar-refractivity contribution >= 4 is 11.0 Å². The predicted octanol–water partition coefficient (Wildman–Crippen LogP) is 4.63. The van der Waals surface area contributed by atoms with Gasteiger partial charge in [-0.1, -0.05) is 0 Å². The van der Waals surface area contributed by atoms with Gasteiger partial charge in [0, 0.05) is 12.8 Å². The van der Waals surface area contributed by atoms with E-state index in [-0.39, 0.29) is 12.0 Å². The highest BCUT2D eigenvalue weighted by molar-refractivity contribution is 5.99. The number of nitrogens with zero attached hydrogens (tertiary/aromatic N) is 2. The van der Waals surface area contributed by atoms with Crippen LogP contribution in [-0.2, 0) is 4.74 Å². The summed E-state index contributed by atoms with van der Waals surface area (Å²) in [5.41, 5.74) is 4.29. The molecule has 1 unspecified atom stereocenters. The molecule has 26 heavy (non-hydrogen) atoms. The zero-order valence-corrected chi connectivity index (χ0v) is 15.6. The summed E-state index contributed by atoms with van der Waals surface area (Å²) < 4.78 is 19.6. The SMILES string of the molecule is COc1c(-c2ccnn2C2CCCCO2)oc2c(C)c(C)c(C)c(O)c12. The first-order chi connectivity index (χ1) is 12.5. The summed E-state index contributed by atoms with van der Waals surface area (Å²) in [5, 5.41) is 15.8. The van der Waals surface area contributed by atoms with Crippen molar-refractivity contribution in [3.05, 3.63) is 29.0 Å². The molecule has 1 aliphatic heterocycles. The van der Waals surface area contributed by atoms with Gasteiger partial charge in [0.05, 0.1) is 7.11 Å². The van der Waals surface area contributed by atoms with E-state index >= 15 is 0 Å². The van der Waals surface area contributed by atoms with Gasteiger partial charge in [0.25, 0.3) is 0 Å². The number of hydrogen-bond donors (Lipinski definition) is 1. The number of methoxy groups -OCH3 is 1. The van der Waals surface area contributed by atoms with Crippen molar-refractivity contribution in [2.45, 2.75) is 46.3 Å². The largest absolute Gasteiger partial charge is 0.507 e. The molecule has 0 amide bonds. The van der Waals surface area contributed by atoms with Gasteiger partial charge >= 0.3 is 0 Å². The Bertz CT molecular complexity index is 964. The molecule has 1 saturated heterocycles. The molecule has 0 aliphatic carbocycles. The van der Waals surface area contributed by atoms with Crippen molar-refractivity contribution < 1.29 is 19.0 Å². The summed E-state index contributed by atoms with van der Waals surface area (Å²) in [6, 6.07) is 1.89. The number of benzene rings is 1. The van der Waals surface area contributed by atoms with E-state index in [1.54, 1.807) is 13.3 Å². The van der Waals surface area contributed by atoms with Gasteiger partial charge in [-0.2, -0.15) is 5.10 Å². The van der Waals surface area contributed by atoms with Crippen molar-refractivity contribution in [3.63, 3.8) is 0 Å². The van der Waals surface area contributed by atoms with Gasteiger partial charge < -0.3 is 19.0 Å². The Morgan fingerprint density at radius 1 is 1.19 bits per heavy atom. The van der Waals surface area contributed by atoms with E-state index in [1.165, 1.54) is 0 Å². The molecule has 1 atom stereocenters. The summed E-state index contributed by atoms with van der Waals surface area (Å²) in [5.74, 6) is 1.30. The van der Waals surface area contributed by atoms with Crippen molar-refractivity contribution in [1.82, 2.24) is 9.78 Å². The Kier molecular flexibility index (Phi) is 4.15. The molecule has 1 aromatic carbocycles. The van der Waals surface area contributed by atoms with Gasteiger partial charge in [0.1, 0.15) is 22.4 Å². The van der Waals surface area contributed by atoms with Gasteiger partial charge in [-0.15, -0.1) is 0 Å². The van der Waals surface area contributed by atoms with Crippen LogP contribution in [0.3, 0.4) is 0 Å². The molecular formula is C20H24N2O4. The standard InChI is InChI=1S/C20H24N2O4/c1-11-12(2)17(23)16-18(13(11)3)26-19(20(16)24-4)14-8-9-21-22(14)15-7-5-6-10-25-15/h8-9,15,23H,5-7,10H2,1-4H3. The van der Waals surface area contributed by atoms with E-state index < -0.39 is 0 Å². The number of aromatic nitrogens is 2. The van der Waals surface area contributed by atoms with Gasteiger partial charge in [-0.25, -0.2) is 4.68 Å². The van der Waals surface area contributed by atoms with Crippen LogP contribution < -0.4 is 4.74 Å². The first-order valence-electron chi connectivity index (χ1n) is 8.99. The zero-order valence-electron chi connectivity index (χ0n) is 15.6. The maximum absolute atomic E-state index is 10.7. The fraction of sp³-hybridized carbons (Fsp3) is 0.450. The molecule has 6 nitrogen and oxygen atoms in total. The van der Waals surface area contributed by atoms with Gasteiger partial charge in [0.15, 0.2) is 17.7 Å². The summed E-state index contributed by atoms with van der Waals surface area (Å²) in [7, 11) is 1.59. The average molecular weight is 356 g/mol. The molecule has 1 fully saturated rings. The molecule has 2 aromatic heterocycles. The van der Waals surface area contributed by atoms with E-state index in [2.05, 4.69) is 5.10 Å². The first-order valence-corrected chi connectivity index (χ1v) is 8.99. The van der Waals surface area contributed by atoms with E-state index in [4.69, 9.17) is 13.9 Å². The number of furan rings is 1. The monoisotopic (exact) mass is 356 g/mol. The van der Waals surface area contributed by atoms with Crippen LogP contribution in [0.4, 0.5) is 0 Å². The van der Waals surface area contributed by atoms with Crippen LogP contribution >= 0.6 is 0 Å². The molecule has 0 bridgehead atoms. The Labute approximate surface area is 152 Å². The predicted molar refractivity (Wildman–Crippen MR) is 98.7 cm³/mol. The summed E-state index contributed by atoms with van der Waals surface area (Å²) in [6.45, 7) is 6.62. The Balaban J connectivity index is 1.95. The van der Waals surface area contributed by atoms with Gasteiger partial charge in [0.2, 0.25) is 0 Å². The van der Waals surface area contributed by atoms with Gasteiger partial charge in [-0.05, 0) is 62.8 Å². The highest BCUT2D eigenvalue weighted by Gasteiger charge is 2.28. The smallest absolute Gasteiger partial charge is 0.195 e. The van der Waals surface area contributed by atoms with Crippen LogP contribution in [-0.4, -0.2) is 28.6 Å². The lowest BCUT2D eigenvalue weighted by molar-refractivity contribution is -0.0385. The number of aromatic hydroxyl groups is 1. The quantitative estimate of drug-likeness (QED) is 0.740. The number of aryl methyl sites for hydroxylation is 1. The normalized spacial score (nSPS) is 17.8. The first kappa shape index (κ1) is 17.0. The second kappa shape index (κ2) is 6.36. The third kappa shape index (κ3) is 2.40. The average Bonchev–Trinajstić information content (AvgIpc) is 3.29. The number of ether oxygens (including phenoxy) is 2. The maximum atomic E-state index is 10.7. The second-order valence-corrected chi connectivity index (χ2v) is 6.87. The molecule has 3 aromatic rings. The van der Waals surface area contributed by atoms with E-state index in [1.807, 2.05) is 31.5 Å². The van der Waals surface area contributed by atoms with Crippen molar-refractivity contribution in [2.24, 2.45) is 0 Å². The number of hydrogen-bond acceptors (Lipinski definition) is 5. The van der Waals surface area contributed by atoms with Crippen LogP contribution in [0, 0.1) is 20.8 Å². The van der Waals surface area contributed by atoms with Crippen molar-refractivity contribution in [3.8, 4) is 23.0 Å². The van der Waals surface area contributed by atoms with E-state index in [0.717, 1.165) is 48.3 Å². The zero-order chi connectivity index (χ0) is 18.4. The molecule has 3 heterocycles. The lowest BCUT2D eigenvalue weighted by Crippen LogP contribution is -2.19. The van der Waals surface area contributed by atoms with Crippen LogP contribution in [0.5, 0.6) is 11.5 Å². The number of phenolic OH excluding ortho intramolecular Hbond substituents is 1. The van der Waals surface area contributed by atoms with Crippen LogP contribution in [0.1, 0.15) is 42.2 Å². The number of phenols is 1. The lowest BCUT2D eigenvalue weighted by Gasteiger charge is -2.24. The van der Waals surface area contributed by atoms with Crippen LogP contribution in [0.15, 0.2) is 16.7 Å². The molecule has 1 aliphatic rings. The van der Waals surface area contributed by atoms with Crippen LogP contribution in [0.25, 0.3) is 22.4 Å². The fourth-order valence-corrected chi connectivity index (χ4v) is 3.72. The second-order valence-electron chi connectivity index (χ2n) is 6.87. The minimum absolute atomic E-state index is 0.107. The highest BCUT2D eigenvalue weighted by atomic mass is 16.5. The molecule has 1 N–H and O–H groups in total. The van der Waals surface area contributed by atoms with Crippen molar-refractivity contribution in [1.29, 1.82) is 0 Å². The lowest BCUT2D eigenvalue weighted by atomic mass is 9.99. The fourth-order valence-electron chi connectivity index (χ4n) is 3.72. The molecule has 6 heteroatoms. The maximum Gasteiger partial charge on any atom is 0.195 e. The molecule has 0 saturated carbocycles. The number of fused-ring (bicyclic) bond motifs is 1. The van der Waals surface area contributed by atoms with Crippen LogP contribution in [0.2, 0.25) is 0 Å².